The molecule has 2 aromatic carbocycles. The number of rotatable bonds is 6. The van der Waals surface area contributed by atoms with Crippen LogP contribution in [0, 0.1) is 0 Å². The van der Waals surface area contributed by atoms with Crippen molar-refractivity contribution in [2.24, 2.45) is 5.10 Å². The monoisotopic (exact) mass is 281 g/mol. The van der Waals surface area contributed by atoms with Crippen LogP contribution in [0.15, 0.2) is 59.7 Å². The second-order valence-corrected chi connectivity index (χ2v) is 4.65. The number of carboxylic acids is 1. The van der Waals surface area contributed by atoms with E-state index in [-0.39, 0.29) is 5.56 Å². The number of nitrogens with one attached hydrogen (secondary N) is 1. The summed E-state index contributed by atoms with van der Waals surface area (Å²) >= 11 is 0. The van der Waals surface area contributed by atoms with Crippen molar-refractivity contribution in [1.29, 1.82) is 0 Å². The molecular formula is C17H17N2O2-. The Morgan fingerprint density at radius 1 is 1.05 bits per heavy atom. The lowest BCUT2D eigenvalue weighted by molar-refractivity contribution is -0.255. The third-order valence-corrected chi connectivity index (χ3v) is 3.03. The lowest BCUT2D eigenvalue weighted by atomic mass is 10.1. The Kier molecular flexibility index (Phi) is 5.10. The second kappa shape index (κ2) is 7.24. The Morgan fingerprint density at radius 2 is 1.71 bits per heavy atom. The van der Waals surface area contributed by atoms with Gasteiger partial charge >= 0.3 is 0 Å². The van der Waals surface area contributed by atoms with Crippen LogP contribution >= 0.6 is 0 Å². The molecule has 0 saturated carbocycles. The van der Waals surface area contributed by atoms with E-state index in [1.807, 2.05) is 30.3 Å². The van der Waals surface area contributed by atoms with Gasteiger partial charge in [0.1, 0.15) is 0 Å². The Hall–Kier alpha value is -2.62. The number of anilines is 1. The average molecular weight is 281 g/mol. The highest BCUT2D eigenvalue weighted by Gasteiger charge is 2.02. The number of carboxylic acid groups (broad SMARTS) is 1. The topological polar surface area (TPSA) is 64.5 Å². The zero-order valence-electron chi connectivity index (χ0n) is 11.9. The van der Waals surface area contributed by atoms with Crippen molar-refractivity contribution in [3.8, 4) is 0 Å². The largest absolute Gasteiger partial charge is 0.545 e. The molecule has 0 unspecified atom stereocenters. The zero-order valence-corrected chi connectivity index (χ0v) is 11.9. The molecule has 2 rings (SSSR count). The molecular weight excluding hydrogens is 264 g/mol. The first-order valence-electron chi connectivity index (χ1n) is 6.90. The molecule has 0 aliphatic heterocycles. The van der Waals surface area contributed by atoms with E-state index in [0.717, 1.165) is 29.8 Å². The summed E-state index contributed by atoms with van der Waals surface area (Å²) in [6, 6.07) is 16.3. The van der Waals surface area contributed by atoms with Gasteiger partial charge in [-0.25, -0.2) is 0 Å². The zero-order chi connectivity index (χ0) is 15.1. The molecule has 1 N–H and O–H groups in total. The summed E-state index contributed by atoms with van der Waals surface area (Å²) in [5.41, 5.74) is 5.92. The summed E-state index contributed by atoms with van der Waals surface area (Å²) < 4.78 is 0. The molecule has 4 nitrogen and oxygen atoms in total. The predicted molar refractivity (Wildman–Crippen MR) is 82.3 cm³/mol. The number of hydrogen-bond acceptors (Lipinski definition) is 4. The Morgan fingerprint density at radius 3 is 2.29 bits per heavy atom. The van der Waals surface area contributed by atoms with Crippen LogP contribution in [0.1, 0.15) is 35.7 Å². The van der Waals surface area contributed by atoms with Gasteiger partial charge in [0.15, 0.2) is 0 Å². The maximum atomic E-state index is 10.7. The van der Waals surface area contributed by atoms with Gasteiger partial charge in [-0.2, -0.15) is 5.10 Å². The Bertz CT molecular complexity index is 619. The minimum absolute atomic E-state index is 0.154. The molecule has 2 aromatic rings. The van der Waals surface area contributed by atoms with Gasteiger partial charge in [0.2, 0.25) is 0 Å². The molecule has 0 aliphatic rings. The summed E-state index contributed by atoms with van der Waals surface area (Å²) in [6.45, 7) is 2.10. The summed E-state index contributed by atoms with van der Waals surface area (Å²) in [4.78, 5) is 10.7. The van der Waals surface area contributed by atoms with Crippen LogP contribution in [0.4, 0.5) is 5.69 Å². The highest BCUT2D eigenvalue weighted by Crippen LogP contribution is 2.11. The van der Waals surface area contributed by atoms with Crippen LogP contribution in [-0.2, 0) is 0 Å². The Balaban J connectivity index is 2.14. The number of carbonyl (C=O) groups excluding carboxylic acids is 1. The molecule has 0 bridgehead atoms. The summed E-state index contributed by atoms with van der Waals surface area (Å²) in [5.74, 6) is -1.18. The van der Waals surface area contributed by atoms with E-state index in [9.17, 15) is 9.90 Å². The predicted octanol–water partition coefficient (Wildman–Crippen LogP) is 2.67. The van der Waals surface area contributed by atoms with Gasteiger partial charge < -0.3 is 9.90 Å². The summed E-state index contributed by atoms with van der Waals surface area (Å²) in [6.07, 6.45) is 1.87. The molecule has 0 amide bonds. The third kappa shape index (κ3) is 4.18. The molecule has 0 heterocycles. The molecule has 21 heavy (non-hydrogen) atoms. The molecule has 0 spiro atoms. The van der Waals surface area contributed by atoms with Crippen molar-refractivity contribution in [3.05, 3.63) is 65.7 Å². The van der Waals surface area contributed by atoms with E-state index in [1.54, 1.807) is 12.1 Å². The molecule has 0 aliphatic carbocycles. The van der Waals surface area contributed by atoms with Crippen LogP contribution in [0.5, 0.6) is 0 Å². The number of carbonyl (C=O) groups is 1. The average Bonchev–Trinajstić information content (AvgIpc) is 2.52. The minimum atomic E-state index is -1.18. The first-order chi connectivity index (χ1) is 10.2. The van der Waals surface area contributed by atoms with Gasteiger partial charge in [0.25, 0.3) is 0 Å². The van der Waals surface area contributed by atoms with Crippen LogP contribution in [0.25, 0.3) is 0 Å². The fourth-order valence-electron chi connectivity index (χ4n) is 1.95. The molecule has 0 fully saturated rings. The summed E-state index contributed by atoms with van der Waals surface area (Å²) in [7, 11) is 0. The number of aromatic carboxylic acids is 1. The van der Waals surface area contributed by atoms with Crippen molar-refractivity contribution in [1.82, 2.24) is 0 Å². The van der Waals surface area contributed by atoms with Crippen molar-refractivity contribution in [2.75, 3.05) is 5.43 Å². The lowest BCUT2D eigenvalue weighted by Gasteiger charge is -2.08. The van der Waals surface area contributed by atoms with E-state index in [2.05, 4.69) is 17.5 Å². The van der Waals surface area contributed by atoms with Crippen LogP contribution in [0.3, 0.4) is 0 Å². The van der Waals surface area contributed by atoms with E-state index in [0.29, 0.717) is 0 Å². The first kappa shape index (κ1) is 14.8. The fourth-order valence-corrected chi connectivity index (χ4v) is 1.95. The van der Waals surface area contributed by atoms with Crippen molar-refractivity contribution in [2.45, 2.75) is 19.8 Å². The number of benzene rings is 2. The lowest BCUT2D eigenvalue weighted by Crippen LogP contribution is -2.21. The van der Waals surface area contributed by atoms with Gasteiger partial charge in [-0.1, -0.05) is 55.8 Å². The third-order valence-electron chi connectivity index (χ3n) is 3.03. The van der Waals surface area contributed by atoms with E-state index in [1.165, 1.54) is 12.1 Å². The van der Waals surface area contributed by atoms with Gasteiger partial charge in [-0.15, -0.1) is 0 Å². The fraction of sp³-hybridized carbons (Fsp3) is 0.176. The summed E-state index contributed by atoms with van der Waals surface area (Å²) in [5, 5.41) is 15.1. The highest BCUT2D eigenvalue weighted by atomic mass is 16.4. The number of hydrazone groups is 1. The molecule has 0 radical (unpaired) electrons. The van der Waals surface area contributed by atoms with Crippen LogP contribution in [0.2, 0.25) is 0 Å². The van der Waals surface area contributed by atoms with Gasteiger partial charge in [0.05, 0.1) is 17.4 Å². The van der Waals surface area contributed by atoms with E-state index in [4.69, 9.17) is 0 Å². The number of hydrogen-bond donors (Lipinski definition) is 1. The molecule has 4 heteroatoms. The van der Waals surface area contributed by atoms with Crippen molar-refractivity contribution >= 4 is 17.4 Å². The smallest absolute Gasteiger partial charge is 0.0715 e. The van der Waals surface area contributed by atoms with Gasteiger partial charge in [-0.3, -0.25) is 5.43 Å². The first-order valence-corrected chi connectivity index (χ1v) is 6.90. The quantitative estimate of drug-likeness (QED) is 0.654. The number of nitrogens with zero attached hydrogens (tertiary/aromatic N) is 1. The normalized spacial score (nSPS) is 11.2. The standard InChI is InChI=1S/C17H18N2O2/c1-2-6-16(13-7-4-3-5-8-13)19-18-15-11-9-14(10-12-15)17(20)21/h3-5,7-12,18H,2,6H2,1H3,(H,20,21)/p-1/b19-16-. The second-order valence-electron chi connectivity index (χ2n) is 4.65. The van der Waals surface area contributed by atoms with E-state index >= 15 is 0 Å². The van der Waals surface area contributed by atoms with Crippen LogP contribution < -0.4 is 10.5 Å². The maximum absolute atomic E-state index is 10.7. The highest BCUT2D eigenvalue weighted by molar-refractivity contribution is 6.00. The molecule has 0 aromatic heterocycles. The molecule has 0 atom stereocenters. The molecule has 0 saturated heterocycles. The molecule has 108 valence electrons. The van der Waals surface area contributed by atoms with Gasteiger partial charge in [0, 0.05) is 0 Å². The van der Waals surface area contributed by atoms with Gasteiger partial charge in [-0.05, 0) is 29.7 Å². The van der Waals surface area contributed by atoms with Crippen molar-refractivity contribution < 1.29 is 9.90 Å². The Labute approximate surface area is 124 Å². The van der Waals surface area contributed by atoms with Crippen LogP contribution in [-0.4, -0.2) is 11.7 Å². The minimum Gasteiger partial charge on any atom is -0.545 e. The van der Waals surface area contributed by atoms with E-state index < -0.39 is 5.97 Å². The maximum Gasteiger partial charge on any atom is 0.0715 e. The SMILES string of the molecule is CCC/C(=N/Nc1ccc(C(=O)[O-])cc1)c1ccccc1. The van der Waals surface area contributed by atoms with Crippen molar-refractivity contribution in [3.63, 3.8) is 0 Å².